The van der Waals surface area contributed by atoms with Gasteiger partial charge in [0.2, 0.25) is 5.91 Å². The number of ether oxygens (including phenoxy) is 1. The molecule has 9 heteroatoms. The molecule has 3 aromatic rings. The van der Waals surface area contributed by atoms with E-state index in [4.69, 9.17) is 21.3 Å². The van der Waals surface area contributed by atoms with E-state index in [1.807, 2.05) is 57.3 Å². The van der Waals surface area contributed by atoms with E-state index in [2.05, 4.69) is 26.4 Å². The van der Waals surface area contributed by atoms with Crippen molar-refractivity contribution in [2.75, 3.05) is 19.8 Å². The van der Waals surface area contributed by atoms with Crippen molar-refractivity contribution in [3.8, 4) is 22.9 Å². The summed E-state index contributed by atoms with van der Waals surface area (Å²) in [6.45, 7) is 8.62. The van der Waals surface area contributed by atoms with E-state index < -0.39 is 0 Å². The minimum atomic E-state index is -0.338. The molecule has 1 amide bonds. The monoisotopic (exact) mass is 508 g/mol. The third-order valence-corrected chi connectivity index (χ3v) is 6.90. The summed E-state index contributed by atoms with van der Waals surface area (Å²) in [7, 11) is 0. The van der Waals surface area contributed by atoms with Crippen LogP contribution in [0.25, 0.3) is 22.9 Å². The number of nitrogens with zero attached hydrogens (tertiary/aromatic N) is 5. The van der Waals surface area contributed by atoms with Crippen molar-refractivity contribution in [3.05, 3.63) is 53.2 Å². The predicted molar refractivity (Wildman–Crippen MR) is 140 cm³/mol. The lowest BCUT2D eigenvalue weighted by molar-refractivity contribution is -0.123. The van der Waals surface area contributed by atoms with Gasteiger partial charge in [-0.3, -0.25) is 14.7 Å². The van der Waals surface area contributed by atoms with Gasteiger partial charge in [0.05, 0.1) is 13.2 Å². The third kappa shape index (κ3) is 5.77. The average Bonchev–Trinajstić information content (AvgIpc) is 3.33. The van der Waals surface area contributed by atoms with Gasteiger partial charge >= 0.3 is 0 Å². The zero-order valence-corrected chi connectivity index (χ0v) is 21.8. The first-order chi connectivity index (χ1) is 17.2. The topological polar surface area (TPSA) is 85.2 Å². The number of benzene rings is 1. The van der Waals surface area contributed by atoms with Crippen LogP contribution in [-0.2, 0) is 22.5 Å². The van der Waals surface area contributed by atoms with Gasteiger partial charge in [-0.2, -0.15) is 0 Å². The Morgan fingerprint density at radius 1 is 1.17 bits per heavy atom. The van der Waals surface area contributed by atoms with Crippen LogP contribution in [0, 0.1) is 0 Å². The molecular formula is C27H33ClN6O2. The standard InChI is InChI=1S/C27H33ClN6O2/c1-27(2,3)31-24(35)15-34-26(19-5-4-6-20(28)13-19)30-25(32-34)23-10-7-18(14-29-23)11-12-33-21-8-9-22(33)17-36-16-21/h4-7,10,13-14,21-22H,8-9,11-12,15-17H2,1-3H3,(H,31,35). The van der Waals surface area contributed by atoms with Crippen LogP contribution < -0.4 is 5.32 Å². The molecule has 1 N–H and O–H groups in total. The highest BCUT2D eigenvalue weighted by Gasteiger charge is 2.36. The molecule has 2 aliphatic rings. The maximum Gasteiger partial charge on any atom is 0.242 e. The van der Waals surface area contributed by atoms with Crippen molar-refractivity contribution in [1.29, 1.82) is 0 Å². The fourth-order valence-corrected chi connectivity index (χ4v) is 5.23. The zero-order valence-electron chi connectivity index (χ0n) is 21.1. The fraction of sp³-hybridized carbons (Fsp3) is 0.481. The van der Waals surface area contributed by atoms with Crippen LogP contribution in [0.5, 0.6) is 0 Å². The highest BCUT2D eigenvalue weighted by atomic mass is 35.5. The summed E-state index contributed by atoms with van der Waals surface area (Å²) in [5.74, 6) is 0.916. The second-order valence-corrected chi connectivity index (χ2v) is 11.1. The number of rotatable bonds is 7. The van der Waals surface area contributed by atoms with Gasteiger partial charge < -0.3 is 10.1 Å². The van der Waals surface area contributed by atoms with Crippen LogP contribution in [-0.4, -0.2) is 67.9 Å². The molecule has 2 saturated heterocycles. The Morgan fingerprint density at radius 2 is 1.94 bits per heavy atom. The number of hydrogen-bond acceptors (Lipinski definition) is 6. The maximum atomic E-state index is 12.7. The Balaban J connectivity index is 1.34. The molecule has 36 heavy (non-hydrogen) atoms. The molecule has 2 aliphatic heterocycles. The number of morpholine rings is 1. The molecule has 8 nitrogen and oxygen atoms in total. The normalized spacial score (nSPS) is 20.0. The molecule has 190 valence electrons. The van der Waals surface area contributed by atoms with E-state index in [1.165, 1.54) is 18.4 Å². The Bertz CT molecular complexity index is 1200. The smallest absolute Gasteiger partial charge is 0.242 e. The SMILES string of the molecule is CC(C)(C)NC(=O)Cn1nc(-c2ccc(CCN3C4CCC3COC4)cn2)nc1-c1cccc(Cl)c1. The van der Waals surface area contributed by atoms with Gasteiger partial charge in [0, 0.05) is 41.0 Å². The van der Waals surface area contributed by atoms with Gasteiger partial charge in [-0.15, -0.1) is 5.10 Å². The number of hydrogen-bond donors (Lipinski definition) is 1. The molecule has 2 aromatic heterocycles. The molecule has 2 bridgehead atoms. The van der Waals surface area contributed by atoms with Gasteiger partial charge in [-0.25, -0.2) is 9.67 Å². The second kappa shape index (κ2) is 10.3. The zero-order chi connectivity index (χ0) is 25.3. The van der Waals surface area contributed by atoms with Crippen molar-refractivity contribution >= 4 is 17.5 Å². The molecule has 0 aliphatic carbocycles. The first kappa shape index (κ1) is 24.9. The maximum absolute atomic E-state index is 12.7. The minimum absolute atomic E-state index is 0.0477. The van der Waals surface area contributed by atoms with Gasteiger partial charge in [0.1, 0.15) is 12.2 Å². The molecule has 0 spiro atoms. The molecule has 0 radical (unpaired) electrons. The summed E-state index contributed by atoms with van der Waals surface area (Å²) in [6.07, 6.45) is 5.32. The number of pyridine rings is 1. The van der Waals surface area contributed by atoms with E-state index in [0.29, 0.717) is 34.4 Å². The van der Waals surface area contributed by atoms with E-state index in [9.17, 15) is 4.79 Å². The molecule has 2 unspecified atom stereocenters. The summed E-state index contributed by atoms with van der Waals surface area (Å²) in [6, 6.07) is 12.6. The first-order valence-electron chi connectivity index (χ1n) is 12.6. The number of fused-ring (bicyclic) bond motifs is 2. The van der Waals surface area contributed by atoms with Crippen LogP contribution in [0.2, 0.25) is 5.02 Å². The third-order valence-electron chi connectivity index (χ3n) is 6.67. The molecule has 5 rings (SSSR count). The largest absolute Gasteiger partial charge is 0.378 e. The van der Waals surface area contributed by atoms with Crippen molar-refractivity contribution < 1.29 is 9.53 Å². The summed E-state index contributed by atoms with van der Waals surface area (Å²) < 4.78 is 7.32. The Hall–Kier alpha value is -2.81. The van der Waals surface area contributed by atoms with E-state index in [1.54, 1.807) is 4.68 Å². The average molecular weight is 509 g/mol. The van der Waals surface area contributed by atoms with Crippen LogP contribution >= 0.6 is 11.6 Å². The van der Waals surface area contributed by atoms with Crippen molar-refractivity contribution in [2.24, 2.45) is 0 Å². The number of carbonyl (C=O) groups excluding carboxylic acids is 1. The molecule has 2 atom stereocenters. The van der Waals surface area contributed by atoms with Gasteiger partial charge in [0.15, 0.2) is 11.6 Å². The molecule has 4 heterocycles. The Labute approximate surface area is 217 Å². The highest BCUT2D eigenvalue weighted by molar-refractivity contribution is 6.30. The number of halogens is 1. The van der Waals surface area contributed by atoms with Gasteiger partial charge in [-0.05, 0) is 63.8 Å². The lowest BCUT2D eigenvalue weighted by Gasteiger charge is -2.34. The van der Waals surface area contributed by atoms with E-state index in [0.717, 1.165) is 31.7 Å². The number of nitrogens with one attached hydrogen (secondary N) is 1. The summed E-state index contributed by atoms with van der Waals surface area (Å²) in [5.41, 5.74) is 2.31. The quantitative estimate of drug-likeness (QED) is 0.519. The molecule has 0 saturated carbocycles. The van der Waals surface area contributed by atoms with Crippen LogP contribution in [0.4, 0.5) is 0 Å². The molecular weight excluding hydrogens is 476 g/mol. The fourth-order valence-electron chi connectivity index (χ4n) is 5.04. The van der Waals surface area contributed by atoms with E-state index >= 15 is 0 Å². The van der Waals surface area contributed by atoms with Crippen molar-refractivity contribution in [3.63, 3.8) is 0 Å². The predicted octanol–water partition coefficient (Wildman–Crippen LogP) is 3.98. The number of carbonyl (C=O) groups is 1. The Kier molecular flexibility index (Phi) is 7.10. The van der Waals surface area contributed by atoms with Crippen molar-refractivity contribution in [1.82, 2.24) is 30.0 Å². The number of amides is 1. The molecule has 1 aromatic carbocycles. The number of aromatic nitrogens is 4. The van der Waals surface area contributed by atoms with Crippen molar-refractivity contribution in [2.45, 2.75) is 64.2 Å². The van der Waals surface area contributed by atoms with Gasteiger partial charge in [-0.1, -0.05) is 29.8 Å². The first-order valence-corrected chi connectivity index (χ1v) is 12.9. The highest BCUT2D eigenvalue weighted by Crippen LogP contribution is 2.29. The summed E-state index contributed by atoms with van der Waals surface area (Å²) in [5, 5.41) is 8.23. The summed E-state index contributed by atoms with van der Waals surface area (Å²) >= 11 is 6.23. The Morgan fingerprint density at radius 3 is 2.61 bits per heavy atom. The van der Waals surface area contributed by atoms with Crippen LogP contribution in [0.3, 0.4) is 0 Å². The second-order valence-electron chi connectivity index (χ2n) is 10.7. The van der Waals surface area contributed by atoms with E-state index in [-0.39, 0.29) is 18.0 Å². The molecule has 2 fully saturated rings. The summed E-state index contributed by atoms with van der Waals surface area (Å²) in [4.78, 5) is 24.7. The lowest BCUT2D eigenvalue weighted by Crippen LogP contribution is -2.46. The van der Waals surface area contributed by atoms with Gasteiger partial charge in [0.25, 0.3) is 0 Å². The van der Waals surface area contributed by atoms with Crippen LogP contribution in [0.15, 0.2) is 42.6 Å². The lowest BCUT2D eigenvalue weighted by atomic mass is 10.1. The van der Waals surface area contributed by atoms with Crippen LogP contribution in [0.1, 0.15) is 39.2 Å². The minimum Gasteiger partial charge on any atom is -0.378 e.